The molecule has 1 aliphatic heterocycles. The average Bonchev–Trinajstić information content (AvgIpc) is 3.15. The number of hydrogen-bond donors (Lipinski definition) is 2. The number of benzene rings is 2. The van der Waals surface area contributed by atoms with Gasteiger partial charge in [0.2, 0.25) is 0 Å². The molecule has 1 atom stereocenters. The summed E-state index contributed by atoms with van der Waals surface area (Å²) in [6.45, 7) is 3.97. The number of quaternary nitrogens is 1. The molecular formula is C19H23N2O+. The minimum Gasteiger partial charge on any atom is -0.385 e. The Kier molecular flexibility index (Phi) is 3.60. The Morgan fingerprint density at radius 1 is 0.909 bits per heavy atom. The van der Waals surface area contributed by atoms with Gasteiger partial charge in [0.05, 0.1) is 19.6 Å². The van der Waals surface area contributed by atoms with Gasteiger partial charge in [-0.25, -0.2) is 0 Å². The molecule has 1 aliphatic rings. The smallest absolute Gasteiger partial charge is 0.121 e. The summed E-state index contributed by atoms with van der Waals surface area (Å²) in [7, 11) is 0. The number of likely N-dealkylation sites (tertiary alicyclic amines) is 1. The van der Waals surface area contributed by atoms with E-state index in [1.54, 1.807) is 4.90 Å². The molecule has 22 heavy (non-hydrogen) atoms. The van der Waals surface area contributed by atoms with Crippen LogP contribution >= 0.6 is 0 Å². The van der Waals surface area contributed by atoms with Crippen LogP contribution in [0, 0.1) is 0 Å². The van der Waals surface area contributed by atoms with Gasteiger partial charge in [-0.05, 0) is 12.1 Å². The van der Waals surface area contributed by atoms with Crippen LogP contribution in [0.15, 0.2) is 48.5 Å². The fourth-order valence-corrected chi connectivity index (χ4v) is 3.89. The van der Waals surface area contributed by atoms with Gasteiger partial charge < -0.3 is 14.6 Å². The van der Waals surface area contributed by atoms with Crippen molar-refractivity contribution in [1.29, 1.82) is 0 Å². The van der Waals surface area contributed by atoms with Crippen molar-refractivity contribution in [1.82, 2.24) is 4.57 Å². The van der Waals surface area contributed by atoms with Crippen LogP contribution in [0.1, 0.15) is 12.8 Å². The molecular weight excluding hydrogens is 272 g/mol. The SMILES string of the molecule is OC(Cn1c2ccccc2c2ccccc21)C[NH+]1CCCC1. The normalized spacial score (nSPS) is 17.5. The van der Waals surface area contributed by atoms with Crippen molar-refractivity contribution >= 4 is 21.8 Å². The average molecular weight is 295 g/mol. The van der Waals surface area contributed by atoms with Gasteiger partial charge in [0, 0.05) is 34.6 Å². The first-order valence-corrected chi connectivity index (χ1v) is 8.30. The van der Waals surface area contributed by atoms with E-state index in [1.165, 1.54) is 47.7 Å². The van der Waals surface area contributed by atoms with Crippen LogP contribution in [-0.2, 0) is 6.54 Å². The molecule has 0 aliphatic carbocycles. The predicted molar refractivity (Wildman–Crippen MR) is 90.2 cm³/mol. The van der Waals surface area contributed by atoms with Gasteiger partial charge >= 0.3 is 0 Å². The lowest BCUT2D eigenvalue weighted by Crippen LogP contribution is -3.11. The molecule has 0 spiro atoms. The molecule has 2 heterocycles. The van der Waals surface area contributed by atoms with E-state index in [-0.39, 0.29) is 6.10 Å². The van der Waals surface area contributed by atoms with Gasteiger partial charge in [-0.3, -0.25) is 0 Å². The number of aliphatic hydroxyl groups excluding tert-OH is 1. The quantitative estimate of drug-likeness (QED) is 0.756. The number of fused-ring (bicyclic) bond motifs is 3. The van der Waals surface area contributed by atoms with Crippen molar-refractivity contribution in [3.05, 3.63) is 48.5 Å². The minimum absolute atomic E-state index is 0.285. The molecule has 0 bridgehead atoms. The van der Waals surface area contributed by atoms with Crippen LogP contribution in [-0.4, -0.2) is 35.4 Å². The van der Waals surface area contributed by atoms with E-state index < -0.39 is 0 Å². The second-order valence-electron chi connectivity index (χ2n) is 6.46. The maximum Gasteiger partial charge on any atom is 0.121 e. The standard InChI is InChI=1S/C19H22N2O/c22-15(13-20-11-5-6-12-20)14-21-18-9-3-1-7-16(18)17-8-2-4-10-19(17)21/h1-4,7-10,15,22H,5-6,11-14H2/p+1. The van der Waals surface area contributed by atoms with Gasteiger partial charge in [-0.15, -0.1) is 0 Å². The Balaban J connectivity index is 1.69. The summed E-state index contributed by atoms with van der Waals surface area (Å²) < 4.78 is 2.28. The first kappa shape index (κ1) is 13.8. The summed E-state index contributed by atoms with van der Waals surface area (Å²) in [5, 5.41) is 13.1. The highest BCUT2D eigenvalue weighted by molar-refractivity contribution is 6.07. The fourth-order valence-electron chi connectivity index (χ4n) is 3.89. The van der Waals surface area contributed by atoms with E-state index in [4.69, 9.17) is 0 Å². The monoisotopic (exact) mass is 295 g/mol. The first-order chi connectivity index (χ1) is 10.8. The molecule has 1 fully saturated rings. The minimum atomic E-state index is -0.285. The second kappa shape index (κ2) is 5.75. The Morgan fingerprint density at radius 3 is 2.05 bits per heavy atom. The Bertz CT molecular complexity index is 733. The summed E-state index contributed by atoms with van der Waals surface area (Å²) in [5.41, 5.74) is 2.44. The molecule has 1 unspecified atom stereocenters. The number of rotatable bonds is 4. The summed E-state index contributed by atoms with van der Waals surface area (Å²) in [5.74, 6) is 0. The van der Waals surface area contributed by atoms with Crippen LogP contribution in [0.25, 0.3) is 21.8 Å². The lowest BCUT2D eigenvalue weighted by Gasteiger charge is -2.18. The van der Waals surface area contributed by atoms with Crippen LogP contribution in [0.2, 0.25) is 0 Å². The molecule has 114 valence electrons. The zero-order valence-corrected chi connectivity index (χ0v) is 12.8. The highest BCUT2D eigenvalue weighted by atomic mass is 16.3. The number of aliphatic hydroxyl groups is 1. The molecule has 4 rings (SSSR count). The van der Waals surface area contributed by atoms with Crippen molar-refractivity contribution in [3.8, 4) is 0 Å². The molecule has 3 aromatic rings. The Morgan fingerprint density at radius 2 is 1.45 bits per heavy atom. The lowest BCUT2D eigenvalue weighted by molar-refractivity contribution is -0.890. The van der Waals surface area contributed by atoms with Gasteiger partial charge in [0.15, 0.2) is 0 Å². The summed E-state index contributed by atoms with van der Waals surface area (Å²) in [6.07, 6.45) is 2.32. The van der Waals surface area contributed by atoms with Crippen molar-refractivity contribution in [3.63, 3.8) is 0 Å². The van der Waals surface area contributed by atoms with Gasteiger partial charge in [-0.1, -0.05) is 36.4 Å². The summed E-state index contributed by atoms with van der Waals surface area (Å²) >= 11 is 0. The van der Waals surface area contributed by atoms with Crippen molar-refractivity contribution < 1.29 is 10.0 Å². The number of para-hydroxylation sites is 2. The van der Waals surface area contributed by atoms with Crippen LogP contribution in [0.4, 0.5) is 0 Å². The van der Waals surface area contributed by atoms with E-state index in [0.717, 1.165) is 6.54 Å². The van der Waals surface area contributed by atoms with Gasteiger partial charge in [-0.2, -0.15) is 0 Å². The van der Waals surface area contributed by atoms with Crippen molar-refractivity contribution in [2.75, 3.05) is 19.6 Å². The molecule has 2 N–H and O–H groups in total. The van der Waals surface area contributed by atoms with E-state index in [0.29, 0.717) is 6.54 Å². The molecule has 0 saturated carbocycles. The predicted octanol–water partition coefficient (Wildman–Crippen LogP) is 1.83. The molecule has 0 amide bonds. The van der Waals surface area contributed by atoms with Gasteiger partial charge in [0.25, 0.3) is 0 Å². The van der Waals surface area contributed by atoms with Crippen LogP contribution in [0.5, 0.6) is 0 Å². The zero-order valence-electron chi connectivity index (χ0n) is 12.8. The summed E-state index contributed by atoms with van der Waals surface area (Å²) in [6, 6.07) is 17.0. The number of nitrogens with one attached hydrogen (secondary N) is 1. The van der Waals surface area contributed by atoms with Crippen LogP contribution < -0.4 is 4.90 Å². The summed E-state index contributed by atoms with van der Waals surface area (Å²) in [4.78, 5) is 1.55. The number of nitrogens with zero attached hydrogens (tertiary/aromatic N) is 1. The highest BCUT2D eigenvalue weighted by Crippen LogP contribution is 2.28. The zero-order chi connectivity index (χ0) is 14.9. The Hall–Kier alpha value is -1.84. The third-order valence-corrected chi connectivity index (χ3v) is 4.91. The maximum atomic E-state index is 10.6. The van der Waals surface area contributed by atoms with Crippen LogP contribution in [0.3, 0.4) is 0 Å². The van der Waals surface area contributed by atoms with Crippen molar-refractivity contribution in [2.24, 2.45) is 0 Å². The molecule has 1 saturated heterocycles. The third-order valence-electron chi connectivity index (χ3n) is 4.91. The maximum absolute atomic E-state index is 10.6. The van der Waals surface area contributed by atoms with E-state index >= 15 is 0 Å². The molecule has 3 nitrogen and oxygen atoms in total. The Labute approximate surface area is 130 Å². The first-order valence-electron chi connectivity index (χ1n) is 8.30. The fraction of sp³-hybridized carbons (Fsp3) is 0.368. The molecule has 3 heteroatoms. The van der Waals surface area contributed by atoms with E-state index in [1.807, 2.05) is 0 Å². The molecule has 0 radical (unpaired) electrons. The highest BCUT2D eigenvalue weighted by Gasteiger charge is 2.20. The topological polar surface area (TPSA) is 29.6 Å². The van der Waals surface area contributed by atoms with Crippen molar-refractivity contribution in [2.45, 2.75) is 25.5 Å². The van der Waals surface area contributed by atoms with Gasteiger partial charge in [0.1, 0.15) is 12.6 Å². The lowest BCUT2D eigenvalue weighted by atomic mass is 10.2. The largest absolute Gasteiger partial charge is 0.385 e. The number of aromatic nitrogens is 1. The molecule has 1 aromatic heterocycles. The second-order valence-corrected chi connectivity index (χ2v) is 6.46. The molecule has 2 aromatic carbocycles. The number of hydrogen-bond acceptors (Lipinski definition) is 1. The van der Waals surface area contributed by atoms with E-state index in [2.05, 4.69) is 53.1 Å². The van der Waals surface area contributed by atoms with E-state index in [9.17, 15) is 5.11 Å². The third kappa shape index (κ3) is 2.40.